The Labute approximate surface area is 151 Å². The third-order valence-corrected chi connectivity index (χ3v) is 4.01. The number of hydrogen-bond acceptors (Lipinski definition) is 5. The standard InChI is InChI=1S/C18H22N4O4/c1-10(2)26-15-8-13-11(7-14(15)16(19)23)3-5-20-17(13)25-6-4-12-9-21-18(24)22-12/h3,5,7-8,10,12H,4,6,9H2,1-2H3,(H2,19,23)(H2,21,22,24)/t12-/m1/s1. The molecule has 2 aromatic rings. The highest BCUT2D eigenvalue weighted by molar-refractivity contribution is 6.01. The van der Waals surface area contributed by atoms with Crippen molar-refractivity contribution in [1.82, 2.24) is 15.6 Å². The van der Waals surface area contributed by atoms with E-state index in [0.29, 0.717) is 36.8 Å². The molecule has 0 unspecified atom stereocenters. The lowest BCUT2D eigenvalue weighted by molar-refractivity contribution is 0.0994. The maximum absolute atomic E-state index is 11.7. The molecule has 4 N–H and O–H groups in total. The quantitative estimate of drug-likeness (QED) is 0.695. The monoisotopic (exact) mass is 358 g/mol. The van der Waals surface area contributed by atoms with Crippen LogP contribution in [0.1, 0.15) is 30.6 Å². The van der Waals surface area contributed by atoms with Crippen molar-refractivity contribution in [2.75, 3.05) is 13.2 Å². The van der Waals surface area contributed by atoms with Crippen molar-refractivity contribution >= 4 is 22.7 Å². The maximum atomic E-state index is 11.7. The number of nitrogens with one attached hydrogen (secondary N) is 2. The molecule has 1 aliphatic heterocycles. The lowest BCUT2D eigenvalue weighted by Crippen LogP contribution is -2.28. The Balaban J connectivity index is 1.83. The summed E-state index contributed by atoms with van der Waals surface area (Å²) in [6.45, 7) is 4.73. The van der Waals surface area contributed by atoms with E-state index in [2.05, 4.69) is 15.6 Å². The molecule has 8 heteroatoms. The number of ether oxygens (including phenoxy) is 2. The van der Waals surface area contributed by atoms with Crippen LogP contribution in [0.4, 0.5) is 4.79 Å². The number of benzene rings is 1. The van der Waals surface area contributed by atoms with Gasteiger partial charge in [-0.1, -0.05) is 0 Å². The van der Waals surface area contributed by atoms with Crippen molar-refractivity contribution < 1.29 is 19.1 Å². The zero-order valence-corrected chi connectivity index (χ0v) is 14.7. The summed E-state index contributed by atoms with van der Waals surface area (Å²) in [5, 5.41) is 7.04. The number of primary amides is 1. The van der Waals surface area contributed by atoms with Gasteiger partial charge in [-0.25, -0.2) is 9.78 Å². The highest BCUT2D eigenvalue weighted by Gasteiger charge is 2.20. The maximum Gasteiger partial charge on any atom is 0.315 e. The number of urea groups is 1. The molecule has 138 valence electrons. The van der Waals surface area contributed by atoms with Crippen LogP contribution in [-0.2, 0) is 0 Å². The van der Waals surface area contributed by atoms with Gasteiger partial charge in [0.05, 0.1) is 24.3 Å². The van der Waals surface area contributed by atoms with Gasteiger partial charge in [0.25, 0.3) is 5.91 Å². The van der Waals surface area contributed by atoms with E-state index in [1.165, 1.54) is 0 Å². The van der Waals surface area contributed by atoms with Gasteiger partial charge in [0.2, 0.25) is 5.88 Å². The fourth-order valence-electron chi connectivity index (χ4n) is 2.81. The van der Waals surface area contributed by atoms with Crippen LogP contribution in [0.25, 0.3) is 10.8 Å². The van der Waals surface area contributed by atoms with Crippen molar-refractivity contribution in [2.45, 2.75) is 32.4 Å². The molecule has 1 aromatic heterocycles. The molecule has 2 heterocycles. The van der Waals surface area contributed by atoms with Crippen LogP contribution >= 0.6 is 0 Å². The second kappa shape index (κ2) is 7.47. The normalized spacial score (nSPS) is 16.4. The first-order chi connectivity index (χ1) is 12.4. The zero-order valence-electron chi connectivity index (χ0n) is 14.7. The molecule has 0 saturated carbocycles. The number of fused-ring (bicyclic) bond motifs is 1. The zero-order chi connectivity index (χ0) is 18.7. The van der Waals surface area contributed by atoms with Crippen LogP contribution in [0, 0.1) is 0 Å². The molecule has 26 heavy (non-hydrogen) atoms. The topological polar surface area (TPSA) is 116 Å². The molecule has 1 fully saturated rings. The molecule has 0 bridgehead atoms. The van der Waals surface area contributed by atoms with E-state index >= 15 is 0 Å². The Morgan fingerprint density at radius 3 is 2.88 bits per heavy atom. The van der Waals surface area contributed by atoms with Gasteiger partial charge in [0.1, 0.15) is 5.75 Å². The van der Waals surface area contributed by atoms with Crippen LogP contribution in [0.15, 0.2) is 24.4 Å². The molecular weight excluding hydrogens is 336 g/mol. The number of nitrogens with two attached hydrogens (primary N) is 1. The Bertz CT molecular complexity index is 837. The second-order valence-corrected chi connectivity index (χ2v) is 6.40. The molecule has 0 spiro atoms. The van der Waals surface area contributed by atoms with Gasteiger partial charge in [0.15, 0.2) is 0 Å². The Morgan fingerprint density at radius 2 is 2.23 bits per heavy atom. The molecule has 0 aliphatic carbocycles. The molecule has 0 radical (unpaired) electrons. The summed E-state index contributed by atoms with van der Waals surface area (Å²) in [7, 11) is 0. The summed E-state index contributed by atoms with van der Waals surface area (Å²) in [6, 6.07) is 5.09. The van der Waals surface area contributed by atoms with Crippen molar-refractivity contribution in [3.05, 3.63) is 30.0 Å². The molecule has 3 amide bonds. The average molecular weight is 358 g/mol. The molecule has 1 aliphatic rings. The summed E-state index contributed by atoms with van der Waals surface area (Å²) in [5.74, 6) is 0.306. The van der Waals surface area contributed by atoms with Crippen molar-refractivity contribution in [1.29, 1.82) is 0 Å². The van der Waals surface area contributed by atoms with Crippen molar-refractivity contribution in [3.63, 3.8) is 0 Å². The average Bonchev–Trinajstić information content (AvgIpc) is 2.99. The van der Waals surface area contributed by atoms with Crippen LogP contribution in [-0.4, -0.2) is 42.2 Å². The smallest absolute Gasteiger partial charge is 0.315 e. The van der Waals surface area contributed by atoms with E-state index in [-0.39, 0.29) is 18.2 Å². The van der Waals surface area contributed by atoms with Gasteiger partial charge in [-0.15, -0.1) is 0 Å². The SMILES string of the molecule is CC(C)Oc1cc2c(OCC[C@@H]3CNC(=O)N3)nccc2cc1C(N)=O. The van der Waals surface area contributed by atoms with Crippen LogP contribution in [0.3, 0.4) is 0 Å². The summed E-state index contributed by atoms with van der Waals surface area (Å²) in [4.78, 5) is 27.2. The Hall–Kier alpha value is -3.03. The fraction of sp³-hybridized carbons (Fsp3) is 0.389. The van der Waals surface area contributed by atoms with Gasteiger partial charge in [-0.3, -0.25) is 4.79 Å². The van der Waals surface area contributed by atoms with E-state index in [9.17, 15) is 9.59 Å². The van der Waals surface area contributed by atoms with Gasteiger partial charge in [-0.2, -0.15) is 0 Å². The van der Waals surface area contributed by atoms with E-state index in [0.717, 1.165) is 10.8 Å². The van der Waals surface area contributed by atoms with Crippen LogP contribution in [0.5, 0.6) is 11.6 Å². The molecule has 1 saturated heterocycles. The number of hydrogen-bond donors (Lipinski definition) is 3. The first-order valence-electron chi connectivity index (χ1n) is 8.50. The molecular formula is C18H22N4O4. The van der Waals surface area contributed by atoms with Gasteiger partial charge in [-0.05, 0) is 37.4 Å². The number of pyridine rings is 1. The van der Waals surface area contributed by atoms with Crippen molar-refractivity contribution in [2.24, 2.45) is 5.73 Å². The number of rotatable bonds is 7. The largest absolute Gasteiger partial charge is 0.490 e. The molecule has 1 aromatic carbocycles. The number of aromatic nitrogens is 1. The van der Waals surface area contributed by atoms with Crippen molar-refractivity contribution in [3.8, 4) is 11.6 Å². The molecule has 1 atom stereocenters. The minimum absolute atomic E-state index is 0.0405. The lowest BCUT2D eigenvalue weighted by atomic mass is 10.1. The van der Waals surface area contributed by atoms with Gasteiger partial charge >= 0.3 is 6.03 Å². The third-order valence-electron chi connectivity index (χ3n) is 4.01. The molecule has 8 nitrogen and oxygen atoms in total. The van der Waals surface area contributed by atoms with Crippen LogP contribution in [0.2, 0.25) is 0 Å². The first kappa shape index (κ1) is 17.8. The van der Waals surface area contributed by atoms with Crippen LogP contribution < -0.4 is 25.8 Å². The highest BCUT2D eigenvalue weighted by Crippen LogP contribution is 2.31. The minimum atomic E-state index is -0.550. The third kappa shape index (κ3) is 3.96. The second-order valence-electron chi connectivity index (χ2n) is 6.40. The van der Waals surface area contributed by atoms with E-state index in [4.69, 9.17) is 15.2 Å². The number of carbonyl (C=O) groups excluding carboxylic acids is 2. The summed E-state index contributed by atoms with van der Waals surface area (Å²) >= 11 is 0. The number of nitrogens with zero attached hydrogens (tertiary/aromatic N) is 1. The Kier molecular flexibility index (Phi) is 5.11. The first-order valence-corrected chi connectivity index (χ1v) is 8.50. The van der Waals surface area contributed by atoms with Gasteiger partial charge in [0, 0.05) is 24.5 Å². The summed E-state index contributed by atoms with van der Waals surface area (Å²) < 4.78 is 11.5. The number of amides is 3. The fourth-order valence-corrected chi connectivity index (χ4v) is 2.81. The predicted octanol–water partition coefficient (Wildman–Crippen LogP) is 1.57. The van der Waals surface area contributed by atoms with E-state index in [1.807, 2.05) is 13.8 Å². The van der Waals surface area contributed by atoms with Gasteiger partial charge < -0.3 is 25.8 Å². The molecule has 3 rings (SSSR count). The summed E-state index contributed by atoms with van der Waals surface area (Å²) in [6.07, 6.45) is 2.17. The van der Waals surface area contributed by atoms with E-state index in [1.54, 1.807) is 24.4 Å². The predicted molar refractivity (Wildman–Crippen MR) is 96.5 cm³/mol. The summed E-state index contributed by atoms with van der Waals surface area (Å²) in [5.41, 5.74) is 5.80. The lowest BCUT2D eigenvalue weighted by Gasteiger charge is -2.15. The van der Waals surface area contributed by atoms with E-state index < -0.39 is 5.91 Å². The minimum Gasteiger partial charge on any atom is -0.490 e. The highest BCUT2D eigenvalue weighted by atomic mass is 16.5. The number of carbonyl (C=O) groups is 2. The Morgan fingerprint density at radius 1 is 1.42 bits per heavy atom.